The smallest absolute Gasteiger partial charge is 0.337 e. The zero-order chi connectivity index (χ0) is 17.9. The molecule has 0 heterocycles. The van der Waals surface area contributed by atoms with E-state index in [1.807, 2.05) is 7.05 Å². The molecule has 130 valence electrons. The van der Waals surface area contributed by atoms with E-state index < -0.39 is 25.2 Å². The molecule has 0 saturated carbocycles. The van der Waals surface area contributed by atoms with Crippen molar-refractivity contribution in [1.82, 2.24) is 4.90 Å². The summed E-state index contributed by atoms with van der Waals surface area (Å²) in [4.78, 5) is 14.2. The van der Waals surface area contributed by atoms with Gasteiger partial charge in [0.25, 0.3) is 0 Å². The van der Waals surface area contributed by atoms with Crippen molar-refractivity contribution in [2.45, 2.75) is 71.8 Å². The van der Waals surface area contributed by atoms with Crippen LogP contribution in [0.3, 0.4) is 0 Å². The van der Waals surface area contributed by atoms with Crippen molar-refractivity contribution in [3.8, 4) is 0 Å². The maximum absolute atomic E-state index is 12.4. The molecule has 4 nitrogen and oxygen atoms in total. The highest BCUT2D eigenvalue weighted by atomic mass is 28.5. The Hall–Kier alpha value is -0.219. The lowest BCUT2D eigenvalue weighted by atomic mass is 10.3. The SMILES string of the molecule is C=C(C)C(=O)N(C)C(CC)[Si](C)(O[Si](C)(C)C)O[Si](C)(C)C. The second kappa shape index (κ2) is 7.57. The van der Waals surface area contributed by atoms with Crippen LogP contribution in [0.15, 0.2) is 12.2 Å². The monoisotopic (exact) mass is 361 g/mol. The largest absolute Gasteiger partial charge is 0.435 e. The molecule has 0 aromatic heterocycles. The van der Waals surface area contributed by atoms with Gasteiger partial charge in [-0.15, -0.1) is 0 Å². The molecule has 0 aliphatic carbocycles. The van der Waals surface area contributed by atoms with E-state index in [2.05, 4.69) is 59.3 Å². The number of likely N-dealkylation sites (N-methyl/N-ethyl adjacent to an activating group) is 1. The maximum atomic E-state index is 12.4. The van der Waals surface area contributed by atoms with Gasteiger partial charge in [-0.2, -0.15) is 0 Å². The average molecular weight is 362 g/mol. The highest BCUT2D eigenvalue weighted by molar-refractivity contribution is 6.88. The summed E-state index contributed by atoms with van der Waals surface area (Å²) >= 11 is 0. The minimum absolute atomic E-state index is 0.00449. The number of hydrogen-bond acceptors (Lipinski definition) is 3. The van der Waals surface area contributed by atoms with Gasteiger partial charge in [-0.05, 0) is 59.2 Å². The van der Waals surface area contributed by atoms with Crippen LogP contribution in [0.5, 0.6) is 0 Å². The molecule has 0 aromatic rings. The van der Waals surface area contributed by atoms with Gasteiger partial charge in [-0.3, -0.25) is 4.79 Å². The quantitative estimate of drug-likeness (QED) is 0.482. The summed E-state index contributed by atoms with van der Waals surface area (Å²) in [5.41, 5.74) is 0.549. The normalized spacial score (nSPS) is 14.6. The first-order valence-electron chi connectivity index (χ1n) is 7.96. The van der Waals surface area contributed by atoms with E-state index in [0.717, 1.165) is 6.42 Å². The van der Waals surface area contributed by atoms with Crippen molar-refractivity contribution in [1.29, 1.82) is 0 Å². The van der Waals surface area contributed by atoms with Crippen LogP contribution in [0.2, 0.25) is 45.8 Å². The fraction of sp³-hybridized carbons (Fsp3) is 0.800. The third kappa shape index (κ3) is 6.91. The summed E-state index contributed by atoms with van der Waals surface area (Å²) in [6.45, 7) is 22.8. The van der Waals surface area contributed by atoms with Gasteiger partial charge in [0.1, 0.15) is 0 Å². The molecule has 1 unspecified atom stereocenters. The van der Waals surface area contributed by atoms with Crippen molar-refractivity contribution in [2.24, 2.45) is 0 Å². The predicted molar refractivity (Wildman–Crippen MR) is 102 cm³/mol. The number of carbonyl (C=O) groups is 1. The molecule has 0 spiro atoms. The van der Waals surface area contributed by atoms with E-state index >= 15 is 0 Å². The van der Waals surface area contributed by atoms with Crippen LogP contribution in [0.25, 0.3) is 0 Å². The topological polar surface area (TPSA) is 38.8 Å². The van der Waals surface area contributed by atoms with Crippen LogP contribution in [0.4, 0.5) is 0 Å². The second-order valence-corrected chi connectivity index (χ2v) is 20.8. The maximum Gasteiger partial charge on any atom is 0.337 e. The molecular weight excluding hydrogens is 326 g/mol. The van der Waals surface area contributed by atoms with Crippen LogP contribution in [0.1, 0.15) is 20.3 Å². The Morgan fingerprint density at radius 3 is 1.64 bits per heavy atom. The number of amides is 1. The van der Waals surface area contributed by atoms with Crippen molar-refractivity contribution in [2.75, 3.05) is 7.05 Å². The Morgan fingerprint density at radius 1 is 1.05 bits per heavy atom. The van der Waals surface area contributed by atoms with Crippen LogP contribution < -0.4 is 0 Å². The number of carbonyl (C=O) groups excluding carboxylic acids is 1. The van der Waals surface area contributed by atoms with Crippen molar-refractivity contribution >= 4 is 31.1 Å². The van der Waals surface area contributed by atoms with E-state index in [1.165, 1.54) is 0 Å². The van der Waals surface area contributed by atoms with E-state index in [9.17, 15) is 4.79 Å². The first kappa shape index (κ1) is 21.8. The molecular formula is C15H35NO3Si3. The summed E-state index contributed by atoms with van der Waals surface area (Å²) in [5.74, 6) is -0.0241. The van der Waals surface area contributed by atoms with Crippen LogP contribution >= 0.6 is 0 Å². The van der Waals surface area contributed by atoms with E-state index in [1.54, 1.807) is 11.8 Å². The van der Waals surface area contributed by atoms with Gasteiger partial charge >= 0.3 is 8.56 Å². The Bertz CT molecular complexity index is 397. The van der Waals surface area contributed by atoms with Crippen LogP contribution in [0, 0.1) is 0 Å². The van der Waals surface area contributed by atoms with Gasteiger partial charge in [0.2, 0.25) is 5.91 Å². The number of nitrogens with zero attached hydrogens (tertiary/aromatic N) is 1. The first-order valence-corrected chi connectivity index (χ1v) is 17.2. The summed E-state index contributed by atoms with van der Waals surface area (Å²) in [5, 5.41) is 0. The lowest BCUT2D eigenvalue weighted by molar-refractivity contribution is -0.127. The van der Waals surface area contributed by atoms with Gasteiger partial charge in [0, 0.05) is 12.6 Å². The molecule has 0 radical (unpaired) electrons. The Labute approximate surface area is 140 Å². The molecule has 1 amide bonds. The van der Waals surface area contributed by atoms with Crippen molar-refractivity contribution in [3.05, 3.63) is 12.2 Å². The summed E-state index contributed by atoms with van der Waals surface area (Å²) in [7, 11) is -4.25. The highest BCUT2D eigenvalue weighted by Crippen LogP contribution is 2.28. The molecule has 22 heavy (non-hydrogen) atoms. The predicted octanol–water partition coefficient (Wildman–Crippen LogP) is 4.11. The Kier molecular flexibility index (Phi) is 7.49. The molecule has 0 rings (SSSR count). The van der Waals surface area contributed by atoms with Gasteiger partial charge < -0.3 is 13.1 Å². The molecule has 0 fully saturated rings. The fourth-order valence-corrected chi connectivity index (χ4v) is 15.7. The van der Waals surface area contributed by atoms with Crippen LogP contribution in [-0.4, -0.2) is 48.7 Å². The minimum atomic E-state index is -2.53. The third-order valence-electron chi connectivity index (χ3n) is 3.16. The number of hydrogen-bond donors (Lipinski definition) is 0. The zero-order valence-corrected chi connectivity index (χ0v) is 19.2. The Balaban J connectivity index is 5.70. The van der Waals surface area contributed by atoms with Crippen molar-refractivity contribution in [3.63, 3.8) is 0 Å². The number of rotatable bonds is 8. The Morgan fingerprint density at radius 2 is 1.41 bits per heavy atom. The second-order valence-electron chi connectivity index (χ2n) is 8.07. The molecule has 0 aromatic carbocycles. The molecule has 0 saturated heterocycles. The van der Waals surface area contributed by atoms with Gasteiger partial charge in [-0.1, -0.05) is 13.5 Å². The molecule has 7 heteroatoms. The van der Waals surface area contributed by atoms with Gasteiger partial charge in [0.05, 0.1) is 5.67 Å². The van der Waals surface area contributed by atoms with E-state index in [-0.39, 0.29) is 11.6 Å². The minimum Gasteiger partial charge on any atom is -0.435 e. The fourth-order valence-electron chi connectivity index (χ4n) is 2.81. The first-order chi connectivity index (χ1) is 9.63. The molecule has 0 bridgehead atoms. The van der Waals surface area contributed by atoms with Crippen molar-refractivity contribution < 1.29 is 13.0 Å². The molecule has 0 N–H and O–H groups in total. The summed E-state index contributed by atoms with van der Waals surface area (Å²) in [6, 6.07) is 0. The molecule has 1 atom stereocenters. The standard InChI is InChI=1S/C15H35NO3Si3/c1-12-14(16(4)15(17)13(2)3)22(11,18-20(5,6)7)19-21(8,9)10/h14H,2,12H2,1,3-11H3. The lowest BCUT2D eigenvalue weighted by Gasteiger charge is -2.45. The zero-order valence-electron chi connectivity index (χ0n) is 16.2. The summed E-state index contributed by atoms with van der Waals surface area (Å²) in [6.07, 6.45) is 0.827. The van der Waals surface area contributed by atoms with Gasteiger partial charge in [-0.25, -0.2) is 0 Å². The van der Waals surface area contributed by atoms with E-state index in [0.29, 0.717) is 5.57 Å². The lowest BCUT2D eigenvalue weighted by Crippen LogP contribution is -2.65. The highest BCUT2D eigenvalue weighted by Gasteiger charge is 2.48. The third-order valence-corrected chi connectivity index (χ3v) is 13.3. The van der Waals surface area contributed by atoms with Crippen LogP contribution in [-0.2, 0) is 13.0 Å². The summed E-state index contributed by atoms with van der Waals surface area (Å²) < 4.78 is 13.1. The molecule has 0 aliphatic heterocycles. The average Bonchev–Trinajstić information content (AvgIpc) is 2.22. The molecule has 0 aliphatic rings. The van der Waals surface area contributed by atoms with Gasteiger partial charge in [0.15, 0.2) is 16.6 Å². The van der Waals surface area contributed by atoms with E-state index in [4.69, 9.17) is 8.23 Å².